The second-order valence-electron chi connectivity index (χ2n) is 6.18. The monoisotopic (exact) mass is 471 g/mol. The third kappa shape index (κ3) is 5.83. The first-order valence-electron chi connectivity index (χ1n) is 8.98. The smallest absolute Gasteiger partial charge is 0.337 e. The zero-order valence-electron chi connectivity index (χ0n) is 16.9. The predicted molar refractivity (Wildman–Crippen MR) is 123 cm³/mol. The number of amides is 1. The Morgan fingerprint density at radius 1 is 0.844 bits per heavy atom. The molecule has 1 aromatic heterocycles. The fourth-order valence-electron chi connectivity index (χ4n) is 2.56. The molecule has 0 saturated heterocycles. The molecule has 3 N–H and O–H groups in total. The van der Waals surface area contributed by atoms with Crippen molar-refractivity contribution in [1.82, 2.24) is 9.59 Å². The number of esters is 2. The summed E-state index contributed by atoms with van der Waals surface area (Å²) < 4.78 is 13.1. The molecule has 0 saturated carbocycles. The van der Waals surface area contributed by atoms with Crippen molar-refractivity contribution in [3.05, 3.63) is 64.7 Å². The van der Waals surface area contributed by atoms with Crippen LogP contribution >= 0.6 is 23.8 Å². The van der Waals surface area contributed by atoms with Crippen LogP contribution in [0.15, 0.2) is 47.8 Å². The molecule has 164 valence electrons. The molecule has 0 bridgehead atoms. The van der Waals surface area contributed by atoms with Crippen LogP contribution in [0.1, 0.15) is 31.2 Å². The van der Waals surface area contributed by atoms with Gasteiger partial charge in [-0.25, -0.2) is 9.59 Å². The maximum absolute atomic E-state index is 12.0. The molecular weight excluding hydrogens is 454 g/mol. The summed E-state index contributed by atoms with van der Waals surface area (Å²) in [5.74, 6) is -1.57. The second kappa shape index (κ2) is 10.4. The van der Waals surface area contributed by atoms with Crippen molar-refractivity contribution in [2.75, 3.05) is 30.2 Å². The molecule has 3 aromatic rings. The highest BCUT2D eigenvalue weighted by Crippen LogP contribution is 2.19. The lowest BCUT2D eigenvalue weighted by atomic mass is 10.1. The van der Waals surface area contributed by atoms with E-state index in [4.69, 9.17) is 21.7 Å². The Balaban J connectivity index is 1.66. The first-order chi connectivity index (χ1) is 15.4. The first-order valence-corrected chi connectivity index (χ1v) is 10.2. The molecule has 0 aliphatic heterocycles. The molecule has 0 unspecified atom stereocenters. The Hall–Kier alpha value is -3.90. The number of hydrogen-bond acceptors (Lipinski definition) is 9. The molecule has 10 nitrogen and oxygen atoms in total. The summed E-state index contributed by atoms with van der Waals surface area (Å²) in [5.41, 5.74) is 2.18. The number of ether oxygens (including phenoxy) is 2. The number of anilines is 3. The van der Waals surface area contributed by atoms with Gasteiger partial charge in [0, 0.05) is 22.4 Å². The van der Waals surface area contributed by atoms with Crippen LogP contribution in [0.3, 0.4) is 0 Å². The average Bonchev–Trinajstić information content (AvgIpc) is 3.34. The lowest BCUT2D eigenvalue weighted by Crippen LogP contribution is -2.20. The fourth-order valence-corrected chi connectivity index (χ4v) is 3.23. The summed E-state index contributed by atoms with van der Waals surface area (Å²) in [7, 11) is 2.48. The maximum atomic E-state index is 12.0. The Kier molecular flexibility index (Phi) is 7.41. The summed E-state index contributed by atoms with van der Waals surface area (Å²) in [6.45, 7) is 0. The van der Waals surface area contributed by atoms with Crippen LogP contribution in [-0.2, 0) is 9.47 Å². The minimum atomic E-state index is -0.608. The van der Waals surface area contributed by atoms with E-state index >= 15 is 0 Å². The van der Waals surface area contributed by atoms with E-state index in [1.54, 1.807) is 29.6 Å². The van der Waals surface area contributed by atoms with Crippen molar-refractivity contribution >= 4 is 63.8 Å². The number of aromatic nitrogens is 2. The number of nitrogens with zero attached hydrogens (tertiary/aromatic N) is 2. The predicted octanol–water partition coefficient (Wildman–Crippen LogP) is 3.17. The highest BCUT2D eigenvalue weighted by Gasteiger charge is 2.14. The summed E-state index contributed by atoms with van der Waals surface area (Å²) in [6.07, 6.45) is 0. The van der Waals surface area contributed by atoms with E-state index in [1.165, 1.54) is 32.4 Å². The zero-order chi connectivity index (χ0) is 23.1. The molecule has 1 amide bonds. The van der Waals surface area contributed by atoms with Gasteiger partial charge in [0.25, 0.3) is 5.91 Å². The van der Waals surface area contributed by atoms with Gasteiger partial charge in [0.05, 0.1) is 25.3 Å². The molecule has 2 aromatic carbocycles. The quantitative estimate of drug-likeness (QED) is 0.364. The van der Waals surface area contributed by atoms with Crippen LogP contribution in [0.4, 0.5) is 17.1 Å². The Labute approximate surface area is 192 Å². The van der Waals surface area contributed by atoms with E-state index < -0.39 is 11.9 Å². The third-order valence-corrected chi connectivity index (χ3v) is 4.74. The summed E-state index contributed by atoms with van der Waals surface area (Å²) in [5, 5.41) is 14.1. The van der Waals surface area contributed by atoms with Crippen molar-refractivity contribution in [2.24, 2.45) is 0 Å². The molecule has 0 fully saturated rings. The van der Waals surface area contributed by atoms with Crippen molar-refractivity contribution in [2.45, 2.75) is 0 Å². The van der Waals surface area contributed by atoms with Gasteiger partial charge in [0.15, 0.2) is 10.8 Å². The Morgan fingerprint density at radius 3 is 1.88 bits per heavy atom. The molecule has 0 atom stereocenters. The van der Waals surface area contributed by atoms with Gasteiger partial charge in [0.2, 0.25) is 0 Å². The largest absolute Gasteiger partial charge is 0.465 e. The standard InChI is InChI=1S/C20H17N5O5S2/c1-29-18(27)11-7-12(19(28)30-2)9-15(8-11)23-20(31)22-14-5-3-13(4-6-14)21-17(26)16-10-32-25-24-16/h3-10H,1-2H3,(H,21,26)(H2,22,23,31). The number of carbonyl (C=O) groups excluding carboxylic acids is 3. The lowest BCUT2D eigenvalue weighted by molar-refractivity contribution is 0.0599. The summed E-state index contributed by atoms with van der Waals surface area (Å²) in [4.78, 5) is 35.8. The SMILES string of the molecule is COC(=O)c1cc(NC(=S)Nc2ccc(NC(=O)c3csnn3)cc2)cc(C(=O)OC)c1. The Bertz CT molecular complexity index is 1120. The maximum Gasteiger partial charge on any atom is 0.337 e. The molecule has 0 aliphatic carbocycles. The van der Waals surface area contributed by atoms with Crippen LogP contribution in [0.5, 0.6) is 0 Å². The lowest BCUT2D eigenvalue weighted by Gasteiger charge is -2.13. The molecule has 12 heteroatoms. The van der Waals surface area contributed by atoms with E-state index in [1.807, 2.05) is 0 Å². The first kappa shape index (κ1) is 22.8. The molecule has 0 spiro atoms. The molecule has 32 heavy (non-hydrogen) atoms. The highest BCUT2D eigenvalue weighted by atomic mass is 32.1. The molecule has 3 rings (SSSR count). The van der Waals surface area contributed by atoms with Crippen LogP contribution in [-0.4, -0.2) is 46.8 Å². The van der Waals surface area contributed by atoms with Gasteiger partial charge < -0.3 is 25.4 Å². The van der Waals surface area contributed by atoms with Crippen LogP contribution in [0.25, 0.3) is 0 Å². The average molecular weight is 472 g/mol. The van der Waals surface area contributed by atoms with Crippen molar-refractivity contribution < 1.29 is 23.9 Å². The van der Waals surface area contributed by atoms with Crippen molar-refractivity contribution in [3.8, 4) is 0 Å². The third-order valence-electron chi connectivity index (χ3n) is 4.03. The van der Waals surface area contributed by atoms with Gasteiger partial charge in [-0.05, 0) is 66.2 Å². The normalized spacial score (nSPS) is 10.1. The van der Waals surface area contributed by atoms with Gasteiger partial charge in [-0.2, -0.15) is 0 Å². The number of rotatable bonds is 6. The molecule has 0 radical (unpaired) electrons. The van der Waals surface area contributed by atoms with E-state index in [2.05, 4.69) is 25.5 Å². The second-order valence-corrected chi connectivity index (χ2v) is 7.20. The topological polar surface area (TPSA) is 132 Å². The number of carbonyl (C=O) groups is 3. The molecule has 0 aliphatic rings. The minimum absolute atomic E-state index is 0.163. The number of hydrogen-bond donors (Lipinski definition) is 3. The minimum Gasteiger partial charge on any atom is -0.465 e. The van der Waals surface area contributed by atoms with Gasteiger partial charge in [-0.1, -0.05) is 4.49 Å². The summed E-state index contributed by atoms with van der Waals surface area (Å²) >= 11 is 6.40. The number of benzene rings is 2. The van der Waals surface area contributed by atoms with Crippen LogP contribution < -0.4 is 16.0 Å². The van der Waals surface area contributed by atoms with Gasteiger partial charge in [-0.3, -0.25) is 4.79 Å². The fraction of sp³-hybridized carbons (Fsp3) is 0.100. The van der Waals surface area contributed by atoms with Gasteiger partial charge >= 0.3 is 11.9 Å². The van der Waals surface area contributed by atoms with Crippen LogP contribution in [0.2, 0.25) is 0 Å². The van der Waals surface area contributed by atoms with Gasteiger partial charge in [0.1, 0.15) is 0 Å². The number of thiocarbonyl (C=S) groups is 1. The number of methoxy groups -OCH3 is 2. The van der Waals surface area contributed by atoms with Crippen molar-refractivity contribution in [1.29, 1.82) is 0 Å². The van der Waals surface area contributed by atoms with Crippen molar-refractivity contribution in [3.63, 3.8) is 0 Å². The van der Waals surface area contributed by atoms with E-state index in [0.717, 1.165) is 11.5 Å². The Morgan fingerprint density at radius 2 is 1.38 bits per heavy atom. The van der Waals surface area contributed by atoms with E-state index in [-0.39, 0.29) is 27.8 Å². The molecular formula is C20H17N5O5S2. The van der Waals surface area contributed by atoms with Gasteiger partial charge in [-0.15, -0.1) is 5.10 Å². The van der Waals surface area contributed by atoms with E-state index in [9.17, 15) is 14.4 Å². The number of nitrogens with one attached hydrogen (secondary N) is 3. The highest BCUT2D eigenvalue weighted by molar-refractivity contribution is 7.80. The molecule has 1 heterocycles. The zero-order valence-corrected chi connectivity index (χ0v) is 18.5. The van der Waals surface area contributed by atoms with Crippen LogP contribution in [0, 0.1) is 0 Å². The van der Waals surface area contributed by atoms with E-state index in [0.29, 0.717) is 17.1 Å². The summed E-state index contributed by atoms with van der Waals surface area (Å²) in [6, 6.07) is 11.2.